The zero-order chi connectivity index (χ0) is 9.19. The van der Waals surface area contributed by atoms with Crippen molar-refractivity contribution in [2.75, 3.05) is 0 Å². The summed E-state index contributed by atoms with van der Waals surface area (Å²) < 4.78 is 0. The van der Waals surface area contributed by atoms with Gasteiger partial charge in [0, 0.05) is 0 Å². The summed E-state index contributed by atoms with van der Waals surface area (Å²) in [5.74, 6) is 0. The third kappa shape index (κ3) is 2.40. The molecule has 0 unspecified atom stereocenters. The summed E-state index contributed by atoms with van der Waals surface area (Å²) in [6, 6.07) is 5.09. The van der Waals surface area contributed by atoms with Gasteiger partial charge in [-0.1, -0.05) is 31.2 Å². The van der Waals surface area contributed by atoms with Crippen LogP contribution in [0.4, 0.5) is 0 Å². The van der Waals surface area contributed by atoms with Gasteiger partial charge in [0.05, 0.1) is 0 Å². The van der Waals surface area contributed by atoms with Crippen molar-refractivity contribution in [3.05, 3.63) is 29.8 Å². The molecule has 0 aromatic heterocycles. The molecular formula is C8H9Cl3Si. The minimum atomic E-state index is -2.68. The fourth-order valence-electron chi connectivity index (χ4n) is 1.11. The molecule has 66 valence electrons. The van der Waals surface area contributed by atoms with Crippen molar-refractivity contribution in [2.24, 2.45) is 0 Å². The molecule has 12 heavy (non-hydrogen) atoms. The molecule has 0 amide bonds. The van der Waals surface area contributed by atoms with Gasteiger partial charge < -0.3 is 0 Å². The monoisotopic (exact) mass is 238 g/mol. The third-order valence-corrected chi connectivity index (χ3v) is 4.63. The van der Waals surface area contributed by atoms with Crippen LogP contribution in [0.15, 0.2) is 24.3 Å². The van der Waals surface area contributed by atoms with Gasteiger partial charge in [-0.05, 0) is 17.2 Å². The minimum absolute atomic E-state index is 0.914. The highest BCUT2D eigenvalue weighted by Crippen LogP contribution is 2.21. The van der Waals surface area contributed by atoms with Gasteiger partial charge in [0.25, 0.3) is 0 Å². The highest BCUT2D eigenvalue weighted by atomic mass is 35.8. The number of rotatable bonds is 2. The van der Waals surface area contributed by atoms with Crippen molar-refractivity contribution in [1.82, 2.24) is 0 Å². The van der Waals surface area contributed by atoms with Gasteiger partial charge in [0.2, 0.25) is 0 Å². The maximum atomic E-state index is 5.91. The van der Waals surface area contributed by atoms with Crippen molar-refractivity contribution < 1.29 is 0 Å². The first-order valence-electron chi connectivity index (χ1n) is 3.70. The molecule has 1 aromatic carbocycles. The van der Waals surface area contributed by atoms with Crippen molar-refractivity contribution in [3.8, 4) is 0 Å². The standard InChI is InChI=1S/C8H9Cl3Si/c1-2-7-5-3-4-6-8(7)12(9,10)11/h3-6H,2H2,1H3. The number of hydrogen-bond acceptors (Lipinski definition) is 0. The predicted molar refractivity (Wildman–Crippen MR) is 58.8 cm³/mol. The first-order chi connectivity index (χ1) is 5.55. The Bertz CT molecular complexity index is 267. The molecule has 0 aliphatic heterocycles. The predicted octanol–water partition coefficient (Wildman–Crippen LogP) is 3.11. The van der Waals surface area contributed by atoms with Crippen LogP contribution in [0, 0.1) is 0 Å². The minimum Gasteiger partial charge on any atom is -0.121 e. The van der Waals surface area contributed by atoms with Crippen LogP contribution in [0.5, 0.6) is 0 Å². The second kappa shape index (κ2) is 4.01. The largest absolute Gasteiger partial charge is 0.373 e. The molecule has 0 aliphatic rings. The summed E-state index contributed by atoms with van der Waals surface area (Å²) >= 11 is 17.7. The molecular weight excluding hydrogens is 231 g/mol. The van der Waals surface area contributed by atoms with Gasteiger partial charge >= 0.3 is 6.00 Å². The van der Waals surface area contributed by atoms with Crippen molar-refractivity contribution in [3.63, 3.8) is 0 Å². The summed E-state index contributed by atoms with van der Waals surface area (Å²) in [6.07, 6.45) is 0.914. The lowest BCUT2D eigenvalue weighted by atomic mass is 10.2. The van der Waals surface area contributed by atoms with E-state index in [0.29, 0.717) is 0 Å². The van der Waals surface area contributed by atoms with E-state index in [4.69, 9.17) is 33.2 Å². The van der Waals surface area contributed by atoms with Gasteiger partial charge in [-0.25, -0.2) is 0 Å². The van der Waals surface area contributed by atoms with E-state index in [1.54, 1.807) is 0 Å². The molecule has 0 bridgehead atoms. The Labute approximate surface area is 87.6 Å². The Hall–Kier alpha value is 0.307. The Morgan fingerprint density at radius 1 is 1.17 bits per heavy atom. The molecule has 1 rings (SSSR count). The maximum Gasteiger partial charge on any atom is 0.373 e. The maximum absolute atomic E-state index is 5.91. The van der Waals surface area contributed by atoms with Gasteiger partial charge in [0.15, 0.2) is 0 Å². The molecule has 0 saturated carbocycles. The Morgan fingerprint density at radius 2 is 1.75 bits per heavy atom. The van der Waals surface area contributed by atoms with Crippen molar-refractivity contribution in [2.45, 2.75) is 13.3 Å². The van der Waals surface area contributed by atoms with Gasteiger partial charge in [0.1, 0.15) is 0 Å². The lowest BCUT2D eigenvalue weighted by molar-refractivity contribution is 1.15. The Morgan fingerprint density at radius 3 is 2.17 bits per heavy atom. The molecule has 1 aromatic rings. The fourth-order valence-corrected chi connectivity index (χ4v) is 3.67. The summed E-state index contributed by atoms with van der Waals surface area (Å²) in [7, 11) is 0. The topological polar surface area (TPSA) is 0 Å². The normalized spacial score (nSPS) is 11.7. The van der Waals surface area contributed by atoms with Crippen LogP contribution in [0.3, 0.4) is 0 Å². The van der Waals surface area contributed by atoms with Gasteiger partial charge in [-0.3, -0.25) is 0 Å². The summed E-state index contributed by atoms with van der Waals surface area (Å²) in [5.41, 5.74) is 1.14. The van der Waals surface area contributed by atoms with Gasteiger partial charge in [-0.15, -0.1) is 33.2 Å². The van der Waals surface area contributed by atoms with Crippen molar-refractivity contribution >= 4 is 44.4 Å². The van der Waals surface area contributed by atoms with Crippen LogP contribution < -0.4 is 5.19 Å². The van der Waals surface area contributed by atoms with E-state index in [1.165, 1.54) is 0 Å². The highest BCUT2D eigenvalue weighted by Gasteiger charge is 2.29. The van der Waals surface area contributed by atoms with E-state index in [0.717, 1.165) is 17.2 Å². The smallest absolute Gasteiger partial charge is 0.121 e. The van der Waals surface area contributed by atoms with Crippen LogP contribution in [0.2, 0.25) is 0 Å². The summed E-state index contributed by atoms with van der Waals surface area (Å²) in [5, 5.41) is 0.914. The number of aryl methyl sites for hydroxylation is 1. The lowest BCUT2D eigenvalue weighted by Crippen LogP contribution is -2.33. The zero-order valence-electron chi connectivity index (χ0n) is 6.65. The fraction of sp³-hybridized carbons (Fsp3) is 0.250. The Balaban J connectivity index is 3.14. The number of benzene rings is 1. The SMILES string of the molecule is CCc1ccccc1[Si](Cl)(Cl)Cl. The molecule has 0 aliphatic carbocycles. The van der Waals surface area contributed by atoms with E-state index in [-0.39, 0.29) is 0 Å². The number of hydrogen-bond donors (Lipinski definition) is 0. The van der Waals surface area contributed by atoms with Crippen LogP contribution in [-0.2, 0) is 6.42 Å². The summed E-state index contributed by atoms with van der Waals surface area (Å²) in [6.45, 7) is 2.06. The van der Waals surface area contributed by atoms with Crippen LogP contribution in [-0.4, -0.2) is 6.00 Å². The average molecular weight is 240 g/mol. The van der Waals surface area contributed by atoms with E-state index >= 15 is 0 Å². The van der Waals surface area contributed by atoms with E-state index in [1.807, 2.05) is 24.3 Å². The van der Waals surface area contributed by atoms with E-state index in [2.05, 4.69) is 6.92 Å². The molecule has 0 nitrogen and oxygen atoms in total. The van der Waals surface area contributed by atoms with Crippen LogP contribution >= 0.6 is 33.2 Å². The second-order valence-electron chi connectivity index (χ2n) is 2.51. The third-order valence-electron chi connectivity index (χ3n) is 1.70. The van der Waals surface area contributed by atoms with Crippen molar-refractivity contribution in [1.29, 1.82) is 0 Å². The van der Waals surface area contributed by atoms with E-state index in [9.17, 15) is 0 Å². The van der Waals surface area contributed by atoms with Crippen LogP contribution in [0.1, 0.15) is 12.5 Å². The average Bonchev–Trinajstić information content (AvgIpc) is 2.03. The molecule has 0 saturated heterocycles. The molecule has 0 N–H and O–H groups in total. The summed E-state index contributed by atoms with van der Waals surface area (Å²) in [4.78, 5) is 0. The second-order valence-corrected chi connectivity index (χ2v) is 10.9. The first-order valence-corrected chi connectivity index (χ1v) is 8.74. The zero-order valence-corrected chi connectivity index (χ0v) is 9.92. The van der Waals surface area contributed by atoms with Gasteiger partial charge in [-0.2, -0.15) is 0 Å². The molecule has 0 heterocycles. The molecule has 4 heteroatoms. The highest BCUT2D eigenvalue weighted by molar-refractivity contribution is 7.69. The first kappa shape index (κ1) is 10.4. The molecule has 0 radical (unpaired) electrons. The molecule has 0 spiro atoms. The quantitative estimate of drug-likeness (QED) is 0.550. The number of halogens is 3. The Kier molecular flexibility index (Phi) is 3.47. The van der Waals surface area contributed by atoms with E-state index < -0.39 is 6.00 Å². The molecule has 0 fully saturated rings. The van der Waals surface area contributed by atoms with Crippen LogP contribution in [0.25, 0.3) is 0 Å². The lowest BCUT2D eigenvalue weighted by Gasteiger charge is -2.12. The molecule has 0 atom stereocenters.